The molecule has 0 bridgehead atoms. The highest BCUT2D eigenvalue weighted by Gasteiger charge is 2.40. The van der Waals surface area contributed by atoms with Crippen LogP contribution in [0.1, 0.15) is 65.3 Å². The number of imidazole rings is 1. The monoisotopic (exact) mass is 486 g/mol. The van der Waals surface area contributed by atoms with E-state index < -0.39 is 11.9 Å². The molecule has 0 saturated carbocycles. The standard InChI is InChI=1S/C28H30N4O4/c1-2-3-5-21-15-31(18-29-21)14-19-8-10-20(11-9-19)17-36-25-7-4-6-22-23(25)16-32(28(22)35)24-12-13-26(33)30-27(24)34/h4,6-11,15,18,24H,2-3,5,12-14,16-17H2,1H3,(H,30,33,34). The Morgan fingerprint density at radius 2 is 1.89 bits per heavy atom. The second kappa shape index (κ2) is 10.4. The van der Waals surface area contributed by atoms with Crippen molar-refractivity contribution in [3.8, 4) is 5.75 Å². The first-order chi connectivity index (χ1) is 17.5. The van der Waals surface area contributed by atoms with E-state index in [2.05, 4.69) is 40.1 Å². The summed E-state index contributed by atoms with van der Waals surface area (Å²) in [6.45, 7) is 3.62. The smallest absolute Gasteiger partial charge is 0.255 e. The summed E-state index contributed by atoms with van der Waals surface area (Å²) < 4.78 is 8.22. The van der Waals surface area contributed by atoms with Gasteiger partial charge in [0, 0.05) is 30.3 Å². The fraction of sp³-hybridized carbons (Fsp3) is 0.357. The van der Waals surface area contributed by atoms with Crippen molar-refractivity contribution in [2.45, 2.75) is 64.8 Å². The molecule has 1 atom stereocenters. The summed E-state index contributed by atoms with van der Waals surface area (Å²) in [6.07, 6.45) is 7.90. The molecule has 1 saturated heterocycles. The number of amides is 3. The number of rotatable bonds is 9. The summed E-state index contributed by atoms with van der Waals surface area (Å²) in [5.74, 6) is -0.274. The van der Waals surface area contributed by atoms with Crippen LogP contribution < -0.4 is 10.1 Å². The molecule has 1 N–H and O–H groups in total. The highest BCUT2D eigenvalue weighted by atomic mass is 16.5. The lowest BCUT2D eigenvalue weighted by Crippen LogP contribution is -2.52. The van der Waals surface area contributed by atoms with Crippen LogP contribution in [0.3, 0.4) is 0 Å². The Balaban J connectivity index is 1.21. The van der Waals surface area contributed by atoms with Gasteiger partial charge in [-0.1, -0.05) is 43.7 Å². The quantitative estimate of drug-likeness (QED) is 0.467. The second-order valence-corrected chi connectivity index (χ2v) is 9.43. The van der Waals surface area contributed by atoms with E-state index in [9.17, 15) is 14.4 Å². The summed E-state index contributed by atoms with van der Waals surface area (Å²) in [6, 6.07) is 13.0. The first-order valence-electron chi connectivity index (χ1n) is 12.5. The Labute approximate surface area is 210 Å². The van der Waals surface area contributed by atoms with Gasteiger partial charge in [-0.15, -0.1) is 0 Å². The van der Waals surface area contributed by atoms with Crippen molar-refractivity contribution in [2.75, 3.05) is 0 Å². The maximum Gasteiger partial charge on any atom is 0.255 e. The molecule has 186 valence electrons. The molecule has 1 aromatic heterocycles. The van der Waals surface area contributed by atoms with Crippen LogP contribution in [0, 0.1) is 0 Å². The number of nitrogens with one attached hydrogen (secondary N) is 1. The topological polar surface area (TPSA) is 93.5 Å². The van der Waals surface area contributed by atoms with Gasteiger partial charge in [0.25, 0.3) is 5.91 Å². The highest BCUT2D eigenvalue weighted by molar-refractivity contribution is 6.05. The van der Waals surface area contributed by atoms with Crippen LogP contribution in [0.25, 0.3) is 0 Å². The number of aromatic nitrogens is 2. The fourth-order valence-electron chi connectivity index (χ4n) is 4.79. The Kier molecular flexibility index (Phi) is 6.84. The van der Waals surface area contributed by atoms with E-state index in [1.165, 1.54) is 10.5 Å². The van der Waals surface area contributed by atoms with Gasteiger partial charge in [-0.05, 0) is 42.5 Å². The maximum atomic E-state index is 13.0. The number of nitrogens with zero attached hydrogens (tertiary/aromatic N) is 3. The van der Waals surface area contributed by atoms with Crippen LogP contribution in [0.2, 0.25) is 0 Å². The van der Waals surface area contributed by atoms with E-state index in [0.717, 1.165) is 42.6 Å². The first-order valence-corrected chi connectivity index (χ1v) is 12.5. The zero-order chi connectivity index (χ0) is 25.1. The van der Waals surface area contributed by atoms with E-state index in [0.29, 0.717) is 30.9 Å². The number of carbonyl (C=O) groups is 3. The third-order valence-corrected chi connectivity index (χ3v) is 6.79. The minimum Gasteiger partial charge on any atom is -0.489 e. The molecule has 2 aliphatic heterocycles. The van der Waals surface area contributed by atoms with Crippen LogP contribution in [0.5, 0.6) is 5.75 Å². The van der Waals surface area contributed by atoms with Crippen LogP contribution in [0.4, 0.5) is 0 Å². The molecule has 0 radical (unpaired) electrons. The molecule has 0 aliphatic carbocycles. The number of unbranched alkanes of at least 4 members (excludes halogenated alkanes) is 1. The minimum atomic E-state index is -0.638. The summed E-state index contributed by atoms with van der Waals surface area (Å²) in [7, 11) is 0. The lowest BCUT2D eigenvalue weighted by molar-refractivity contribution is -0.136. The Bertz CT molecular complexity index is 1280. The zero-order valence-corrected chi connectivity index (χ0v) is 20.4. The minimum absolute atomic E-state index is 0.202. The average Bonchev–Trinajstić information content (AvgIpc) is 3.46. The van der Waals surface area contributed by atoms with E-state index in [-0.39, 0.29) is 18.2 Å². The SMILES string of the molecule is CCCCc1cn(Cc2ccc(COc3cccc4c3CN(C3CCC(=O)NC3=O)C4=O)cc2)cn1. The number of benzene rings is 2. The van der Waals surface area contributed by atoms with Crippen molar-refractivity contribution in [2.24, 2.45) is 0 Å². The van der Waals surface area contributed by atoms with E-state index >= 15 is 0 Å². The number of fused-ring (bicyclic) bond motifs is 1. The van der Waals surface area contributed by atoms with Crippen LogP contribution in [-0.4, -0.2) is 38.2 Å². The number of carbonyl (C=O) groups excluding carboxylic acids is 3. The van der Waals surface area contributed by atoms with Gasteiger partial charge in [0.05, 0.1) is 18.6 Å². The first kappa shape index (κ1) is 23.8. The molecule has 0 spiro atoms. The van der Waals surface area contributed by atoms with Gasteiger partial charge in [0.1, 0.15) is 18.4 Å². The molecular formula is C28H30N4O4. The lowest BCUT2D eigenvalue weighted by atomic mass is 10.0. The molecule has 1 unspecified atom stereocenters. The average molecular weight is 487 g/mol. The molecule has 3 amide bonds. The molecule has 2 aliphatic rings. The number of aryl methyl sites for hydroxylation is 1. The van der Waals surface area contributed by atoms with E-state index in [1.54, 1.807) is 12.1 Å². The fourth-order valence-corrected chi connectivity index (χ4v) is 4.79. The van der Waals surface area contributed by atoms with Gasteiger partial charge < -0.3 is 14.2 Å². The predicted molar refractivity (Wildman–Crippen MR) is 133 cm³/mol. The predicted octanol–water partition coefficient (Wildman–Crippen LogP) is 3.61. The molecule has 3 heterocycles. The van der Waals surface area contributed by atoms with E-state index in [1.807, 2.05) is 24.5 Å². The molecule has 8 heteroatoms. The van der Waals surface area contributed by atoms with Crippen molar-refractivity contribution < 1.29 is 19.1 Å². The number of hydrogen-bond donors (Lipinski definition) is 1. The molecule has 2 aromatic carbocycles. The third kappa shape index (κ3) is 5.03. The van der Waals surface area contributed by atoms with Crippen LogP contribution in [0.15, 0.2) is 55.0 Å². The summed E-state index contributed by atoms with van der Waals surface area (Å²) in [5.41, 5.74) is 4.67. The van der Waals surface area contributed by atoms with Gasteiger partial charge >= 0.3 is 0 Å². The molecular weight excluding hydrogens is 456 g/mol. The van der Waals surface area contributed by atoms with Crippen molar-refractivity contribution in [3.05, 3.63) is 82.9 Å². The van der Waals surface area contributed by atoms with Gasteiger partial charge in [0.2, 0.25) is 11.8 Å². The summed E-state index contributed by atoms with van der Waals surface area (Å²) in [5, 5.41) is 2.34. The summed E-state index contributed by atoms with van der Waals surface area (Å²) >= 11 is 0. The molecule has 36 heavy (non-hydrogen) atoms. The van der Waals surface area contributed by atoms with Gasteiger partial charge in [0.15, 0.2) is 0 Å². The third-order valence-electron chi connectivity index (χ3n) is 6.79. The van der Waals surface area contributed by atoms with Crippen molar-refractivity contribution in [1.29, 1.82) is 0 Å². The molecule has 5 rings (SSSR count). The Morgan fingerprint density at radius 3 is 2.67 bits per heavy atom. The van der Waals surface area contributed by atoms with Crippen LogP contribution in [-0.2, 0) is 35.7 Å². The van der Waals surface area contributed by atoms with Gasteiger partial charge in [-0.3, -0.25) is 19.7 Å². The molecule has 3 aromatic rings. The summed E-state index contributed by atoms with van der Waals surface area (Å²) in [4.78, 5) is 42.8. The highest BCUT2D eigenvalue weighted by Crippen LogP contribution is 2.34. The largest absolute Gasteiger partial charge is 0.489 e. The number of ether oxygens (including phenoxy) is 1. The number of piperidine rings is 1. The molecule has 8 nitrogen and oxygen atoms in total. The van der Waals surface area contributed by atoms with E-state index in [4.69, 9.17) is 4.74 Å². The van der Waals surface area contributed by atoms with Gasteiger partial charge in [-0.25, -0.2) is 4.98 Å². The maximum absolute atomic E-state index is 13.0. The molecule has 1 fully saturated rings. The van der Waals surface area contributed by atoms with Crippen LogP contribution >= 0.6 is 0 Å². The van der Waals surface area contributed by atoms with Crippen molar-refractivity contribution in [3.63, 3.8) is 0 Å². The number of imide groups is 1. The Hall–Kier alpha value is -3.94. The lowest BCUT2D eigenvalue weighted by Gasteiger charge is -2.29. The van der Waals surface area contributed by atoms with Gasteiger partial charge in [-0.2, -0.15) is 0 Å². The normalized spacial score (nSPS) is 17.3. The second-order valence-electron chi connectivity index (χ2n) is 9.43. The zero-order valence-electron chi connectivity index (χ0n) is 20.4. The van der Waals surface area contributed by atoms with Crippen molar-refractivity contribution in [1.82, 2.24) is 19.8 Å². The van der Waals surface area contributed by atoms with Crippen molar-refractivity contribution >= 4 is 17.7 Å². The Morgan fingerprint density at radius 1 is 1.08 bits per heavy atom. The number of hydrogen-bond acceptors (Lipinski definition) is 5.